The van der Waals surface area contributed by atoms with Crippen LogP contribution in [0.1, 0.15) is 11.1 Å². The number of carboxylic acids is 1. The number of ether oxygens (including phenoxy) is 1. The summed E-state index contributed by atoms with van der Waals surface area (Å²) in [5.41, 5.74) is 2.60. The quantitative estimate of drug-likeness (QED) is 0.798. The molecule has 0 aromatic heterocycles. The first-order valence-electron chi connectivity index (χ1n) is 4.78. The van der Waals surface area contributed by atoms with Crippen molar-refractivity contribution in [1.82, 2.24) is 0 Å². The van der Waals surface area contributed by atoms with Gasteiger partial charge in [0.1, 0.15) is 5.76 Å². The van der Waals surface area contributed by atoms with Crippen molar-refractivity contribution in [1.29, 1.82) is 0 Å². The van der Waals surface area contributed by atoms with E-state index in [9.17, 15) is 4.79 Å². The van der Waals surface area contributed by atoms with Crippen LogP contribution in [0.3, 0.4) is 0 Å². The molecular weight excluding hydrogens is 192 g/mol. The molecule has 0 amide bonds. The van der Waals surface area contributed by atoms with Gasteiger partial charge >= 0.3 is 5.97 Å². The van der Waals surface area contributed by atoms with Crippen LogP contribution in [0.2, 0.25) is 0 Å². The van der Waals surface area contributed by atoms with Crippen molar-refractivity contribution in [3.05, 3.63) is 46.7 Å². The Morgan fingerprint density at radius 1 is 1.27 bits per heavy atom. The van der Waals surface area contributed by atoms with Crippen LogP contribution in [0.4, 0.5) is 0 Å². The Bertz CT molecular complexity index is 432. The number of benzene rings is 1. The van der Waals surface area contributed by atoms with Crippen LogP contribution >= 0.6 is 0 Å². The molecule has 0 aliphatic heterocycles. The smallest absolute Gasteiger partial charge is 0.335 e. The summed E-state index contributed by atoms with van der Waals surface area (Å²) in [5.74, 6) is -0.317. The highest BCUT2D eigenvalue weighted by Crippen LogP contribution is 2.26. The molecule has 78 valence electrons. The van der Waals surface area contributed by atoms with Crippen LogP contribution in [0.25, 0.3) is 0 Å². The lowest BCUT2D eigenvalue weighted by atomic mass is 9.90. The third kappa shape index (κ3) is 1.73. The Balaban J connectivity index is 2.42. The van der Waals surface area contributed by atoms with Crippen LogP contribution in [-0.2, 0) is 22.4 Å². The first-order chi connectivity index (χ1) is 7.22. The van der Waals surface area contributed by atoms with Gasteiger partial charge in [-0.1, -0.05) is 24.3 Å². The number of methoxy groups -OCH3 is 1. The molecule has 0 radical (unpaired) electrons. The van der Waals surface area contributed by atoms with E-state index < -0.39 is 5.97 Å². The van der Waals surface area contributed by atoms with Crippen LogP contribution < -0.4 is 0 Å². The number of fused-ring (bicyclic) bond motifs is 1. The van der Waals surface area contributed by atoms with E-state index in [1.54, 1.807) is 0 Å². The average molecular weight is 204 g/mol. The SMILES string of the molecule is COC1=C(C(=O)O)Cc2ccccc2C1. The lowest BCUT2D eigenvalue weighted by molar-refractivity contribution is -0.133. The predicted molar refractivity (Wildman–Crippen MR) is 55.5 cm³/mol. The molecule has 15 heavy (non-hydrogen) atoms. The lowest BCUT2D eigenvalue weighted by Gasteiger charge is -2.19. The number of aliphatic carboxylic acids is 1. The summed E-state index contributed by atoms with van der Waals surface area (Å²) in [7, 11) is 1.52. The van der Waals surface area contributed by atoms with Gasteiger partial charge in [0.05, 0.1) is 12.7 Å². The highest BCUT2D eigenvalue weighted by molar-refractivity contribution is 5.88. The maximum atomic E-state index is 11.0. The molecule has 0 saturated carbocycles. The van der Waals surface area contributed by atoms with E-state index >= 15 is 0 Å². The topological polar surface area (TPSA) is 46.5 Å². The third-order valence-corrected chi connectivity index (χ3v) is 2.68. The fourth-order valence-corrected chi connectivity index (χ4v) is 1.86. The summed E-state index contributed by atoms with van der Waals surface area (Å²) in [4.78, 5) is 11.0. The second kappa shape index (κ2) is 3.77. The van der Waals surface area contributed by atoms with Crippen molar-refractivity contribution in [3.63, 3.8) is 0 Å². The fourth-order valence-electron chi connectivity index (χ4n) is 1.86. The zero-order valence-corrected chi connectivity index (χ0v) is 8.49. The minimum absolute atomic E-state index is 0.371. The Labute approximate surface area is 88.0 Å². The van der Waals surface area contributed by atoms with E-state index in [4.69, 9.17) is 9.84 Å². The Morgan fingerprint density at radius 2 is 1.87 bits per heavy atom. The predicted octanol–water partition coefficient (Wildman–Crippen LogP) is 1.77. The molecule has 1 aliphatic rings. The van der Waals surface area contributed by atoms with Gasteiger partial charge in [-0.3, -0.25) is 0 Å². The molecule has 0 saturated heterocycles. The van der Waals surface area contributed by atoms with E-state index in [2.05, 4.69) is 0 Å². The lowest BCUT2D eigenvalue weighted by Crippen LogP contribution is -2.16. The summed E-state index contributed by atoms with van der Waals surface area (Å²) in [6.45, 7) is 0. The number of carbonyl (C=O) groups is 1. The number of allylic oxidation sites excluding steroid dienone is 1. The summed E-state index contributed by atoms with van der Waals surface area (Å²) >= 11 is 0. The zero-order valence-electron chi connectivity index (χ0n) is 8.49. The zero-order chi connectivity index (χ0) is 10.8. The van der Waals surface area contributed by atoms with Gasteiger partial charge < -0.3 is 9.84 Å². The van der Waals surface area contributed by atoms with Crippen molar-refractivity contribution < 1.29 is 14.6 Å². The van der Waals surface area contributed by atoms with Gasteiger partial charge in [-0.2, -0.15) is 0 Å². The van der Waals surface area contributed by atoms with Crippen molar-refractivity contribution in [2.24, 2.45) is 0 Å². The molecule has 0 heterocycles. The molecule has 0 bridgehead atoms. The van der Waals surface area contributed by atoms with Gasteiger partial charge in [0.2, 0.25) is 0 Å². The van der Waals surface area contributed by atoms with Gasteiger partial charge in [0, 0.05) is 12.8 Å². The van der Waals surface area contributed by atoms with Gasteiger partial charge in [0.25, 0.3) is 0 Å². The first kappa shape index (κ1) is 9.77. The van der Waals surface area contributed by atoms with Crippen LogP contribution in [-0.4, -0.2) is 18.2 Å². The van der Waals surface area contributed by atoms with E-state index in [0.29, 0.717) is 24.2 Å². The van der Waals surface area contributed by atoms with Crippen LogP contribution in [0.5, 0.6) is 0 Å². The summed E-state index contributed by atoms with van der Waals surface area (Å²) in [6.07, 6.45) is 1.03. The van der Waals surface area contributed by atoms with Crippen LogP contribution in [0, 0.1) is 0 Å². The van der Waals surface area contributed by atoms with Gasteiger partial charge in [-0.05, 0) is 11.1 Å². The number of carboxylic acid groups (broad SMARTS) is 1. The highest BCUT2D eigenvalue weighted by Gasteiger charge is 2.22. The molecule has 1 N–H and O–H groups in total. The molecule has 0 spiro atoms. The molecule has 0 atom stereocenters. The Kier molecular flexibility index (Phi) is 2.46. The molecular formula is C12H12O3. The van der Waals surface area contributed by atoms with Gasteiger partial charge in [0.15, 0.2) is 0 Å². The highest BCUT2D eigenvalue weighted by atomic mass is 16.5. The molecule has 1 aromatic rings. The molecule has 0 fully saturated rings. The Morgan fingerprint density at radius 3 is 2.40 bits per heavy atom. The average Bonchev–Trinajstić information content (AvgIpc) is 2.27. The van der Waals surface area contributed by atoms with E-state index in [1.165, 1.54) is 7.11 Å². The monoisotopic (exact) mass is 204 g/mol. The molecule has 1 aliphatic carbocycles. The minimum atomic E-state index is -0.888. The maximum absolute atomic E-state index is 11.0. The summed E-state index contributed by atoms with van der Waals surface area (Å²) < 4.78 is 5.12. The van der Waals surface area contributed by atoms with Crippen LogP contribution in [0.15, 0.2) is 35.6 Å². The second-order valence-corrected chi connectivity index (χ2v) is 3.53. The van der Waals surface area contributed by atoms with Gasteiger partial charge in [-0.25, -0.2) is 4.79 Å². The number of rotatable bonds is 2. The molecule has 3 heteroatoms. The number of hydrogen-bond acceptors (Lipinski definition) is 2. The summed E-state index contributed by atoms with van der Waals surface area (Å²) in [6, 6.07) is 7.85. The molecule has 3 nitrogen and oxygen atoms in total. The largest absolute Gasteiger partial charge is 0.500 e. The van der Waals surface area contributed by atoms with Crippen molar-refractivity contribution in [2.75, 3.05) is 7.11 Å². The van der Waals surface area contributed by atoms with Crippen molar-refractivity contribution >= 4 is 5.97 Å². The summed E-state index contributed by atoms with van der Waals surface area (Å²) in [5, 5.41) is 9.03. The normalized spacial score (nSPS) is 14.7. The maximum Gasteiger partial charge on any atom is 0.335 e. The molecule has 0 unspecified atom stereocenters. The van der Waals surface area contributed by atoms with E-state index in [1.807, 2.05) is 24.3 Å². The Hall–Kier alpha value is -1.77. The second-order valence-electron chi connectivity index (χ2n) is 3.53. The first-order valence-corrected chi connectivity index (χ1v) is 4.78. The van der Waals surface area contributed by atoms with Gasteiger partial charge in [-0.15, -0.1) is 0 Å². The molecule has 1 aromatic carbocycles. The van der Waals surface area contributed by atoms with E-state index in [-0.39, 0.29) is 0 Å². The minimum Gasteiger partial charge on any atom is -0.500 e. The van der Waals surface area contributed by atoms with Crippen molar-refractivity contribution in [3.8, 4) is 0 Å². The standard InChI is InChI=1S/C12H12O3/c1-15-11-7-9-5-3-2-4-8(9)6-10(11)12(13)14/h2-5H,6-7H2,1H3,(H,13,14). The van der Waals surface area contributed by atoms with Crippen molar-refractivity contribution in [2.45, 2.75) is 12.8 Å². The fraction of sp³-hybridized carbons (Fsp3) is 0.250. The van der Waals surface area contributed by atoms with E-state index in [0.717, 1.165) is 11.1 Å². The third-order valence-electron chi connectivity index (χ3n) is 2.68. The number of hydrogen-bond donors (Lipinski definition) is 1. The molecule has 2 rings (SSSR count).